The molecule has 1 aromatic carbocycles. The first-order valence-electron chi connectivity index (χ1n) is 11.7. The van der Waals surface area contributed by atoms with Crippen molar-refractivity contribution in [3.63, 3.8) is 0 Å². The number of aromatic nitrogens is 1. The van der Waals surface area contributed by atoms with Crippen LogP contribution in [0.4, 0.5) is 17.2 Å². The topological polar surface area (TPSA) is 80.8 Å². The van der Waals surface area contributed by atoms with E-state index in [1.54, 1.807) is 6.07 Å². The summed E-state index contributed by atoms with van der Waals surface area (Å²) in [5.41, 5.74) is 3.46. The van der Waals surface area contributed by atoms with Crippen molar-refractivity contribution in [3.05, 3.63) is 46.6 Å². The number of pyridine rings is 1. The van der Waals surface area contributed by atoms with Gasteiger partial charge in [-0.3, -0.25) is 14.5 Å². The van der Waals surface area contributed by atoms with E-state index in [-0.39, 0.29) is 17.9 Å². The van der Waals surface area contributed by atoms with Crippen LogP contribution in [0.3, 0.4) is 0 Å². The van der Waals surface area contributed by atoms with Gasteiger partial charge in [0.05, 0.1) is 16.4 Å². The summed E-state index contributed by atoms with van der Waals surface area (Å²) in [6.45, 7) is 7.61. The number of piperazine rings is 1. The SMILES string of the molecule is CCNC(=O)c1ccc(N2CCN(Cc3cnc4c(c3)NC(=O)C3CSCCN43)CC2)c(Cl)c1. The number of thioether (sulfide) groups is 1. The first kappa shape index (κ1) is 23.3. The molecule has 8 nitrogen and oxygen atoms in total. The summed E-state index contributed by atoms with van der Waals surface area (Å²) in [4.78, 5) is 36.1. The molecule has 0 aliphatic carbocycles. The maximum atomic E-state index is 12.5. The van der Waals surface area contributed by atoms with Gasteiger partial charge in [-0.2, -0.15) is 11.8 Å². The molecule has 1 atom stereocenters. The number of carbonyl (C=O) groups is 2. The Morgan fingerprint density at radius 3 is 2.82 bits per heavy atom. The van der Waals surface area contributed by atoms with E-state index in [1.165, 1.54) is 0 Å². The Kier molecular flexibility index (Phi) is 6.85. The number of anilines is 3. The molecule has 2 saturated heterocycles. The first-order chi connectivity index (χ1) is 16.5. The lowest BCUT2D eigenvalue weighted by Gasteiger charge is -2.40. The summed E-state index contributed by atoms with van der Waals surface area (Å²) in [5, 5.41) is 6.47. The summed E-state index contributed by atoms with van der Waals surface area (Å²) in [5.74, 6) is 2.70. The second kappa shape index (κ2) is 10.0. The Morgan fingerprint density at radius 1 is 1.24 bits per heavy atom. The van der Waals surface area contributed by atoms with Crippen LogP contribution < -0.4 is 20.4 Å². The summed E-state index contributed by atoms with van der Waals surface area (Å²) in [7, 11) is 0. The average molecular weight is 501 g/mol. The molecule has 3 aliphatic rings. The molecular weight excluding hydrogens is 472 g/mol. The van der Waals surface area contributed by atoms with Crippen LogP contribution in [-0.4, -0.2) is 78.5 Å². The van der Waals surface area contributed by atoms with Crippen molar-refractivity contribution >= 4 is 52.4 Å². The number of rotatable bonds is 5. The quantitative estimate of drug-likeness (QED) is 0.653. The molecule has 3 aliphatic heterocycles. The number of benzene rings is 1. The van der Waals surface area contributed by atoms with E-state index in [2.05, 4.69) is 31.4 Å². The highest BCUT2D eigenvalue weighted by Crippen LogP contribution is 2.34. The van der Waals surface area contributed by atoms with Crippen LogP contribution in [0.25, 0.3) is 0 Å². The minimum atomic E-state index is -0.111. The number of halogens is 1. The zero-order chi connectivity index (χ0) is 23.7. The van der Waals surface area contributed by atoms with Crippen molar-refractivity contribution in [2.45, 2.75) is 19.5 Å². The van der Waals surface area contributed by atoms with Crippen LogP contribution in [0, 0.1) is 0 Å². The van der Waals surface area contributed by atoms with Crippen LogP contribution in [-0.2, 0) is 11.3 Å². The highest BCUT2D eigenvalue weighted by Gasteiger charge is 2.36. The van der Waals surface area contributed by atoms with E-state index in [0.717, 1.165) is 73.5 Å². The minimum Gasteiger partial charge on any atom is -0.368 e. The smallest absolute Gasteiger partial charge is 0.251 e. The van der Waals surface area contributed by atoms with Crippen molar-refractivity contribution in [1.82, 2.24) is 15.2 Å². The van der Waals surface area contributed by atoms with Crippen molar-refractivity contribution < 1.29 is 9.59 Å². The number of fused-ring (bicyclic) bond motifs is 3. The maximum absolute atomic E-state index is 12.5. The molecule has 2 aromatic rings. The van der Waals surface area contributed by atoms with Gasteiger partial charge in [-0.15, -0.1) is 0 Å². The van der Waals surface area contributed by atoms with Gasteiger partial charge >= 0.3 is 0 Å². The monoisotopic (exact) mass is 500 g/mol. The predicted octanol–water partition coefficient (Wildman–Crippen LogP) is 2.68. The van der Waals surface area contributed by atoms with Gasteiger partial charge in [-0.1, -0.05) is 11.6 Å². The fourth-order valence-corrected chi connectivity index (χ4v) is 6.12. The second-order valence-electron chi connectivity index (χ2n) is 8.78. The maximum Gasteiger partial charge on any atom is 0.251 e. The number of nitrogens with one attached hydrogen (secondary N) is 2. The lowest BCUT2D eigenvalue weighted by molar-refractivity contribution is -0.117. The third kappa shape index (κ3) is 4.69. The van der Waals surface area contributed by atoms with E-state index in [1.807, 2.05) is 37.0 Å². The van der Waals surface area contributed by atoms with Gasteiger partial charge < -0.3 is 20.4 Å². The van der Waals surface area contributed by atoms with Gasteiger partial charge in [0.2, 0.25) is 5.91 Å². The predicted molar refractivity (Wildman–Crippen MR) is 138 cm³/mol. The standard InChI is InChI=1S/C24H29ClN6O2S/c1-2-26-23(32)17-3-4-20(18(25)12-17)30-7-5-29(6-8-30)14-16-11-19-22(27-13-16)31-9-10-34-15-21(31)24(33)28-19/h3-4,11-13,21H,2,5-10,14-15H2,1H3,(H,26,32)(H,28,33). The Bertz CT molecular complexity index is 1090. The van der Waals surface area contributed by atoms with Gasteiger partial charge in [0.15, 0.2) is 5.82 Å². The average Bonchev–Trinajstić information content (AvgIpc) is 2.85. The molecule has 0 saturated carbocycles. The number of nitrogens with zero attached hydrogens (tertiary/aromatic N) is 4. The van der Waals surface area contributed by atoms with Crippen LogP contribution >= 0.6 is 23.4 Å². The number of amides is 2. The zero-order valence-electron chi connectivity index (χ0n) is 19.2. The van der Waals surface area contributed by atoms with Gasteiger partial charge in [0.1, 0.15) is 6.04 Å². The fraction of sp³-hybridized carbons (Fsp3) is 0.458. The minimum absolute atomic E-state index is 0.0716. The molecule has 4 heterocycles. The Morgan fingerprint density at radius 2 is 2.06 bits per heavy atom. The molecule has 2 fully saturated rings. The molecule has 1 unspecified atom stereocenters. The van der Waals surface area contributed by atoms with Gasteiger partial charge in [-0.25, -0.2) is 4.98 Å². The summed E-state index contributed by atoms with van der Waals surface area (Å²) in [6.07, 6.45) is 1.94. The van der Waals surface area contributed by atoms with Crippen molar-refractivity contribution in [2.24, 2.45) is 0 Å². The second-order valence-corrected chi connectivity index (χ2v) is 10.3. The summed E-state index contributed by atoms with van der Waals surface area (Å²) >= 11 is 8.34. The molecule has 2 N–H and O–H groups in total. The van der Waals surface area contributed by atoms with Crippen molar-refractivity contribution in [1.29, 1.82) is 0 Å². The summed E-state index contributed by atoms with van der Waals surface area (Å²) in [6, 6.07) is 7.47. The normalized spacial score (nSPS) is 20.4. The Labute approximate surface area is 209 Å². The molecule has 34 heavy (non-hydrogen) atoms. The van der Waals surface area contributed by atoms with Crippen LogP contribution in [0.5, 0.6) is 0 Å². The van der Waals surface area contributed by atoms with E-state index in [0.29, 0.717) is 17.1 Å². The van der Waals surface area contributed by atoms with E-state index in [9.17, 15) is 9.59 Å². The van der Waals surface area contributed by atoms with E-state index >= 15 is 0 Å². The highest BCUT2D eigenvalue weighted by atomic mass is 35.5. The summed E-state index contributed by atoms with van der Waals surface area (Å²) < 4.78 is 0. The molecule has 1 aromatic heterocycles. The molecule has 10 heteroatoms. The number of carbonyl (C=O) groups excluding carboxylic acids is 2. The zero-order valence-corrected chi connectivity index (χ0v) is 20.8. The molecular formula is C24H29ClN6O2S. The van der Waals surface area contributed by atoms with Gasteiger partial charge in [-0.05, 0) is 36.8 Å². The van der Waals surface area contributed by atoms with E-state index < -0.39 is 0 Å². The van der Waals surface area contributed by atoms with Gasteiger partial charge in [0.25, 0.3) is 5.91 Å². The highest BCUT2D eigenvalue weighted by molar-refractivity contribution is 7.99. The Balaban J connectivity index is 1.21. The molecule has 0 spiro atoms. The lowest BCUT2D eigenvalue weighted by atomic mass is 10.1. The molecule has 5 rings (SSSR count). The van der Waals surface area contributed by atoms with E-state index in [4.69, 9.17) is 16.6 Å². The largest absolute Gasteiger partial charge is 0.368 e. The molecule has 180 valence electrons. The first-order valence-corrected chi connectivity index (χ1v) is 13.3. The van der Waals surface area contributed by atoms with Crippen LogP contribution in [0.15, 0.2) is 30.5 Å². The number of hydrogen-bond donors (Lipinski definition) is 2. The van der Waals surface area contributed by atoms with Crippen LogP contribution in [0.2, 0.25) is 5.02 Å². The number of hydrogen-bond acceptors (Lipinski definition) is 7. The van der Waals surface area contributed by atoms with Crippen molar-refractivity contribution in [2.75, 3.05) is 65.9 Å². The fourth-order valence-electron chi connectivity index (χ4n) is 4.77. The lowest BCUT2D eigenvalue weighted by Crippen LogP contribution is -2.53. The van der Waals surface area contributed by atoms with Crippen LogP contribution in [0.1, 0.15) is 22.8 Å². The molecule has 0 radical (unpaired) electrons. The third-order valence-electron chi connectivity index (χ3n) is 6.55. The molecule has 0 bridgehead atoms. The Hall–Kier alpha value is -2.49. The molecule has 2 amide bonds. The third-order valence-corrected chi connectivity index (χ3v) is 7.88. The van der Waals surface area contributed by atoms with Crippen molar-refractivity contribution in [3.8, 4) is 0 Å². The van der Waals surface area contributed by atoms with Gasteiger partial charge in [0, 0.05) is 69.1 Å².